The van der Waals surface area contributed by atoms with Crippen LogP contribution >= 0.6 is 0 Å². The second-order valence-corrected chi connectivity index (χ2v) is 6.35. The summed E-state index contributed by atoms with van der Waals surface area (Å²) in [6.45, 7) is 6.55. The van der Waals surface area contributed by atoms with Gasteiger partial charge in [-0.05, 0) is 41.7 Å². The molecule has 0 aliphatic heterocycles. The van der Waals surface area contributed by atoms with Gasteiger partial charge in [0.05, 0.1) is 5.39 Å². The van der Waals surface area contributed by atoms with Gasteiger partial charge in [0.2, 0.25) is 5.43 Å². The molecule has 0 bridgehead atoms. The van der Waals surface area contributed by atoms with E-state index in [2.05, 4.69) is 25.8 Å². The Morgan fingerprint density at radius 2 is 1.95 bits per heavy atom. The van der Waals surface area contributed by atoms with E-state index in [1.54, 1.807) is 18.3 Å². The predicted molar refractivity (Wildman–Crippen MR) is 80.9 cm³/mol. The van der Waals surface area contributed by atoms with E-state index in [-0.39, 0.29) is 10.8 Å². The first-order chi connectivity index (χ1) is 9.44. The highest BCUT2D eigenvalue weighted by Crippen LogP contribution is 2.24. The van der Waals surface area contributed by atoms with E-state index < -0.39 is 0 Å². The van der Waals surface area contributed by atoms with Crippen molar-refractivity contribution in [2.45, 2.75) is 27.2 Å². The van der Waals surface area contributed by atoms with Gasteiger partial charge in [-0.25, -0.2) is 4.98 Å². The zero-order valence-corrected chi connectivity index (χ0v) is 11.9. The SMILES string of the molecule is CC(C)(C)Cc1ccc2oc3cccnc3c(=O)c2c1. The van der Waals surface area contributed by atoms with E-state index in [1.807, 2.05) is 18.2 Å². The topological polar surface area (TPSA) is 43.1 Å². The molecular weight excluding hydrogens is 250 g/mol. The number of rotatable bonds is 1. The Morgan fingerprint density at radius 3 is 2.70 bits per heavy atom. The fourth-order valence-electron chi connectivity index (χ4n) is 2.46. The number of pyridine rings is 1. The predicted octanol–water partition coefficient (Wildman–Crippen LogP) is 3.93. The third kappa shape index (κ3) is 2.31. The fourth-order valence-corrected chi connectivity index (χ4v) is 2.46. The zero-order valence-electron chi connectivity index (χ0n) is 11.9. The van der Waals surface area contributed by atoms with E-state index >= 15 is 0 Å². The van der Waals surface area contributed by atoms with Gasteiger partial charge >= 0.3 is 0 Å². The molecule has 1 aromatic carbocycles. The summed E-state index contributed by atoms with van der Waals surface area (Å²) in [6, 6.07) is 9.38. The van der Waals surface area contributed by atoms with Gasteiger partial charge in [0, 0.05) is 6.20 Å². The molecule has 0 saturated carbocycles. The van der Waals surface area contributed by atoms with E-state index in [0.29, 0.717) is 22.1 Å². The first-order valence-electron chi connectivity index (χ1n) is 6.74. The van der Waals surface area contributed by atoms with Gasteiger partial charge in [-0.2, -0.15) is 0 Å². The van der Waals surface area contributed by atoms with Gasteiger partial charge in [-0.3, -0.25) is 4.79 Å². The summed E-state index contributed by atoms with van der Waals surface area (Å²) >= 11 is 0. The van der Waals surface area contributed by atoms with E-state index in [9.17, 15) is 4.79 Å². The average molecular weight is 267 g/mol. The van der Waals surface area contributed by atoms with Crippen LogP contribution in [0.2, 0.25) is 0 Å². The molecule has 102 valence electrons. The quantitative estimate of drug-likeness (QED) is 0.627. The van der Waals surface area contributed by atoms with Gasteiger partial charge in [-0.1, -0.05) is 26.8 Å². The number of benzene rings is 1. The molecule has 0 aliphatic carbocycles. The van der Waals surface area contributed by atoms with Crippen LogP contribution in [0.25, 0.3) is 22.1 Å². The molecule has 3 rings (SSSR count). The monoisotopic (exact) mass is 267 g/mol. The lowest BCUT2D eigenvalue weighted by molar-refractivity contribution is 0.411. The second-order valence-electron chi connectivity index (χ2n) is 6.35. The van der Waals surface area contributed by atoms with Gasteiger partial charge in [0.15, 0.2) is 11.1 Å². The molecule has 20 heavy (non-hydrogen) atoms. The van der Waals surface area contributed by atoms with Crippen LogP contribution in [-0.2, 0) is 6.42 Å². The van der Waals surface area contributed by atoms with Crippen molar-refractivity contribution >= 4 is 22.1 Å². The molecule has 0 aliphatic rings. The molecule has 0 saturated heterocycles. The third-order valence-corrected chi connectivity index (χ3v) is 3.23. The van der Waals surface area contributed by atoms with Gasteiger partial charge in [-0.15, -0.1) is 0 Å². The Kier molecular flexibility index (Phi) is 2.85. The molecule has 0 unspecified atom stereocenters. The van der Waals surface area contributed by atoms with E-state index in [0.717, 1.165) is 12.0 Å². The van der Waals surface area contributed by atoms with Crippen LogP contribution in [0, 0.1) is 5.41 Å². The highest BCUT2D eigenvalue weighted by atomic mass is 16.3. The lowest BCUT2D eigenvalue weighted by Crippen LogP contribution is -2.10. The van der Waals surface area contributed by atoms with Crippen molar-refractivity contribution in [1.29, 1.82) is 0 Å². The molecule has 3 aromatic rings. The number of aromatic nitrogens is 1. The molecule has 3 heteroatoms. The van der Waals surface area contributed by atoms with Crippen molar-refractivity contribution in [2.75, 3.05) is 0 Å². The van der Waals surface area contributed by atoms with Gasteiger partial charge in [0.25, 0.3) is 0 Å². The van der Waals surface area contributed by atoms with Crippen LogP contribution in [0.5, 0.6) is 0 Å². The first kappa shape index (κ1) is 12.9. The Hall–Kier alpha value is -2.16. The molecule has 0 atom stereocenters. The van der Waals surface area contributed by atoms with Crippen molar-refractivity contribution in [1.82, 2.24) is 4.98 Å². The normalized spacial score (nSPS) is 12.2. The molecule has 0 spiro atoms. The van der Waals surface area contributed by atoms with Crippen molar-refractivity contribution in [3.05, 3.63) is 52.3 Å². The minimum Gasteiger partial charge on any atom is -0.454 e. The van der Waals surface area contributed by atoms with E-state index in [1.165, 1.54) is 0 Å². The number of fused-ring (bicyclic) bond motifs is 2. The zero-order chi connectivity index (χ0) is 14.3. The molecule has 0 N–H and O–H groups in total. The fraction of sp³-hybridized carbons (Fsp3) is 0.294. The minimum absolute atomic E-state index is 0.0578. The lowest BCUT2D eigenvalue weighted by Gasteiger charge is -2.18. The maximum absolute atomic E-state index is 12.5. The van der Waals surface area contributed by atoms with Crippen LogP contribution < -0.4 is 5.43 Å². The Morgan fingerprint density at radius 1 is 1.15 bits per heavy atom. The van der Waals surface area contributed by atoms with Crippen LogP contribution in [0.15, 0.2) is 45.7 Å². The Balaban J connectivity index is 2.26. The van der Waals surface area contributed by atoms with Gasteiger partial charge in [0.1, 0.15) is 5.58 Å². The summed E-state index contributed by atoms with van der Waals surface area (Å²) in [4.78, 5) is 16.6. The molecule has 3 nitrogen and oxygen atoms in total. The average Bonchev–Trinajstić information content (AvgIpc) is 2.38. The van der Waals surface area contributed by atoms with Crippen molar-refractivity contribution in [2.24, 2.45) is 5.41 Å². The summed E-state index contributed by atoms with van der Waals surface area (Å²) in [5.41, 5.74) is 2.82. The molecule has 0 fully saturated rings. The Bertz CT molecular complexity index is 841. The molecule has 0 amide bonds. The van der Waals surface area contributed by atoms with Crippen molar-refractivity contribution in [3.63, 3.8) is 0 Å². The Labute approximate surface area is 117 Å². The maximum atomic E-state index is 12.5. The van der Waals surface area contributed by atoms with E-state index in [4.69, 9.17) is 4.42 Å². The highest BCUT2D eigenvalue weighted by molar-refractivity contribution is 5.87. The smallest absolute Gasteiger partial charge is 0.218 e. The van der Waals surface area contributed by atoms with Crippen LogP contribution in [-0.4, -0.2) is 4.98 Å². The minimum atomic E-state index is -0.0578. The van der Waals surface area contributed by atoms with Crippen molar-refractivity contribution in [3.8, 4) is 0 Å². The van der Waals surface area contributed by atoms with Crippen LogP contribution in [0.4, 0.5) is 0 Å². The number of nitrogens with zero attached hydrogens (tertiary/aromatic N) is 1. The summed E-state index contributed by atoms with van der Waals surface area (Å²) < 4.78 is 5.75. The summed E-state index contributed by atoms with van der Waals surface area (Å²) in [6.07, 6.45) is 2.53. The molecule has 0 radical (unpaired) electrons. The largest absolute Gasteiger partial charge is 0.454 e. The molecule has 2 aromatic heterocycles. The standard InChI is InChI=1S/C17H17NO2/c1-17(2,3)10-11-6-7-13-12(9-11)16(19)15-14(20-13)5-4-8-18-15/h4-9H,10H2,1-3H3. The maximum Gasteiger partial charge on any atom is 0.218 e. The van der Waals surface area contributed by atoms with Crippen LogP contribution in [0.1, 0.15) is 26.3 Å². The number of hydrogen-bond acceptors (Lipinski definition) is 3. The van der Waals surface area contributed by atoms with Gasteiger partial charge < -0.3 is 4.42 Å². The lowest BCUT2D eigenvalue weighted by atomic mass is 9.88. The summed E-state index contributed by atoms with van der Waals surface area (Å²) in [5.74, 6) is 0. The molecule has 2 heterocycles. The second kappa shape index (κ2) is 4.44. The number of hydrogen-bond donors (Lipinski definition) is 0. The van der Waals surface area contributed by atoms with Crippen LogP contribution in [0.3, 0.4) is 0 Å². The summed E-state index contributed by atoms with van der Waals surface area (Å²) in [5, 5.41) is 0.609. The highest BCUT2D eigenvalue weighted by Gasteiger charge is 2.13. The first-order valence-corrected chi connectivity index (χ1v) is 6.74. The molecular formula is C17H17NO2. The third-order valence-electron chi connectivity index (χ3n) is 3.23. The summed E-state index contributed by atoms with van der Waals surface area (Å²) in [7, 11) is 0. The van der Waals surface area contributed by atoms with Crippen molar-refractivity contribution < 1.29 is 4.42 Å².